The van der Waals surface area contributed by atoms with Crippen LogP contribution in [0.1, 0.15) is 27.2 Å². The molecule has 76 valence electrons. The summed E-state index contributed by atoms with van der Waals surface area (Å²) in [6.45, 7) is 5.89. The van der Waals surface area contributed by atoms with Crippen LogP contribution in [0.25, 0.3) is 0 Å². The molecule has 0 aliphatic heterocycles. The average Bonchev–Trinajstić information content (AvgIpc) is 2.14. The van der Waals surface area contributed by atoms with Crippen LogP contribution in [-0.2, 0) is 9.59 Å². The van der Waals surface area contributed by atoms with Crippen molar-refractivity contribution in [2.24, 2.45) is 11.8 Å². The lowest BCUT2D eigenvalue weighted by atomic mass is 10.0. The van der Waals surface area contributed by atoms with Crippen LogP contribution in [0.2, 0.25) is 0 Å². The van der Waals surface area contributed by atoms with Crippen molar-refractivity contribution in [3.8, 4) is 0 Å². The van der Waals surface area contributed by atoms with E-state index >= 15 is 0 Å². The van der Waals surface area contributed by atoms with E-state index in [0.717, 1.165) is 6.42 Å². The molecule has 0 heterocycles. The SMILES string of the molecule is CCC(C)C(C)NC(=O)C(=O)NN. The number of hydrogen-bond donors (Lipinski definition) is 3. The lowest BCUT2D eigenvalue weighted by Crippen LogP contribution is -2.47. The Labute approximate surface area is 78.0 Å². The molecule has 0 saturated carbocycles. The molecule has 4 N–H and O–H groups in total. The van der Waals surface area contributed by atoms with E-state index in [4.69, 9.17) is 5.84 Å². The quantitative estimate of drug-likeness (QED) is 0.242. The first-order valence-corrected chi connectivity index (χ1v) is 4.34. The Morgan fingerprint density at radius 2 is 1.85 bits per heavy atom. The highest BCUT2D eigenvalue weighted by molar-refractivity contribution is 6.34. The first-order chi connectivity index (χ1) is 6.02. The topological polar surface area (TPSA) is 84.2 Å². The second kappa shape index (κ2) is 5.53. The molecule has 0 radical (unpaired) electrons. The fraction of sp³-hybridized carbons (Fsp3) is 0.750. The van der Waals surface area contributed by atoms with Gasteiger partial charge in [0.15, 0.2) is 0 Å². The number of carbonyl (C=O) groups is 2. The fourth-order valence-electron chi connectivity index (χ4n) is 0.834. The Morgan fingerprint density at radius 3 is 2.23 bits per heavy atom. The van der Waals surface area contributed by atoms with Gasteiger partial charge < -0.3 is 5.32 Å². The van der Waals surface area contributed by atoms with Crippen molar-refractivity contribution >= 4 is 11.8 Å². The van der Waals surface area contributed by atoms with Crippen molar-refractivity contribution < 1.29 is 9.59 Å². The molecule has 0 fully saturated rings. The van der Waals surface area contributed by atoms with Gasteiger partial charge in [-0.25, -0.2) is 5.84 Å². The summed E-state index contributed by atoms with van der Waals surface area (Å²) in [5, 5.41) is 2.55. The van der Waals surface area contributed by atoms with Crippen LogP contribution in [-0.4, -0.2) is 17.9 Å². The monoisotopic (exact) mass is 187 g/mol. The molecule has 0 aliphatic rings. The predicted molar refractivity (Wildman–Crippen MR) is 49.4 cm³/mol. The molecular formula is C8H17N3O2. The Kier molecular flexibility index (Phi) is 5.06. The molecule has 0 saturated heterocycles. The van der Waals surface area contributed by atoms with Crippen LogP contribution >= 0.6 is 0 Å². The molecule has 13 heavy (non-hydrogen) atoms. The summed E-state index contributed by atoms with van der Waals surface area (Å²) in [6, 6.07) is -0.0187. The van der Waals surface area contributed by atoms with Gasteiger partial charge in [-0.1, -0.05) is 20.3 Å². The molecule has 0 aromatic rings. The first-order valence-electron chi connectivity index (χ1n) is 4.34. The number of nitrogens with one attached hydrogen (secondary N) is 2. The second-order valence-corrected chi connectivity index (χ2v) is 3.12. The van der Waals surface area contributed by atoms with Crippen LogP contribution in [0.5, 0.6) is 0 Å². The highest BCUT2D eigenvalue weighted by Crippen LogP contribution is 2.05. The van der Waals surface area contributed by atoms with E-state index in [9.17, 15) is 9.59 Å². The Hall–Kier alpha value is -1.10. The van der Waals surface area contributed by atoms with E-state index in [0.29, 0.717) is 5.92 Å². The minimum Gasteiger partial charge on any atom is -0.345 e. The maximum Gasteiger partial charge on any atom is 0.323 e. The van der Waals surface area contributed by atoms with E-state index in [1.807, 2.05) is 20.8 Å². The minimum absolute atomic E-state index is 0.0187. The van der Waals surface area contributed by atoms with Gasteiger partial charge in [-0.15, -0.1) is 0 Å². The minimum atomic E-state index is -0.810. The number of nitrogens with two attached hydrogens (primary N) is 1. The van der Waals surface area contributed by atoms with Gasteiger partial charge in [-0.3, -0.25) is 15.0 Å². The van der Waals surface area contributed by atoms with Gasteiger partial charge in [-0.2, -0.15) is 0 Å². The Morgan fingerprint density at radius 1 is 1.31 bits per heavy atom. The van der Waals surface area contributed by atoms with Crippen molar-refractivity contribution in [2.75, 3.05) is 0 Å². The average molecular weight is 187 g/mol. The second-order valence-electron chi connectivity index (χ2n) is 3.12. The maximum atomic E-state index is 11.0. The van der Waals surface area contributed by atoms with E-state index in [-0.39, 0.29) is 6.04 Å². The summed E-state index contributed by atoms with van der Waals surface area (Å²) in [5.74, 6) is 3.64. The molecule has 2 amide bonds. The standard InChI is InChI=1S/C8H17N3O2/c1-4-5(2)6(3)10-7(12)8(13)11-9/h5-6H,4,9H2,1-3H3,(H,10,12)(H,11,13). The van der Waals surface area contributed by atoms with Crippen LogP contribution in [0.4, 0.5) is 0 Å². The molecule has 0 aromatic carbocycles. The van der Waals surface area contributed by atoms with Crippen molar-refractivity contribution in [3.63, 3.8) is 0 Å². The Bertz CT molecular complexity index is 194. The van der Waals surface area contributed by atoms with Crippen LogP contribution in [0, 0.1) is 5.92 Å². The molecule has 0 bridgehead atoms. The molecule has 0 rings (SSSR count). The molecule has 2 atom stereocenters. The third kappa shape index (κ3) is 3.89. The molecular weight excluding hydrogens is 170 g/mol. The molecule has 2 unspecified atom stereocenters. The van der Waals surface area contributed by atoms with E-state index < -0.39 is 11.8 Å². The number of carbonyl (C=O) groups excluding carboxylic acids is 2. The van der Waals surface area contributed by atoms with E-state index in [1.54, 1.807) is 5.43 Å². The van der Waals surface area contributed by atoms with Crippen molar-refractivity contribution in [1.29, 1.82) is 0 Å². The highest BCUT2D eigenvalue weighted by Gasteiger charge is 2.17. The largest absolute Gasteiger partial charge is 0.345 e. The van der Waals surface area contributed by atoms with Crippen LogP contribution in [0.15, 0.2) is 0 Å². The fourth-order valence-corrected chi connectivity index (χ4v) is 0.834. The van der Waals surface area contributed by atoms with Crippen molar-refractivity contribution in [3.05, 3.63) is 0 Å². The number of hydrogen-bond acceptors (Lipinski definition) is 3. The zero-order valence-electron chi connectivity index (χ0n) is 8.26. The number of amides is 2. The molecule has 0 aliphatic carbocycles. The lowest BCUT2D eigenvalue weighted by molar-refractivity contribution is -0.139. The van der Waals surface area contributed by atoms with Gasteiger partial charge in [-0.05, 0) is 12.8 Å². The lowest BCUT2D eigenvalue weighted by Gasteiger charge is -2.18. The third-order valence-corrected chi connectivity index (χ3v) is 2.19. The summed E-state index contributed by atoms with van der Waals surface area (Å²) in [5.41, 5.74) is 1.78. The van der Waals surface area contributed by atoms with Gasteiger partial charge in [0.2, 0.25) is 0 Å². The van der Waals surface area contributed by atoms with Crippen molar-refractivity contribution in [2.45, 2.75) is 33.2 Å². The van der Waals surface area contributed by atoms with Gasteiger partial charge in [0.25, 0.3) is 0 Å². The molecule has 0 spiro atoms. The van der Waals surface area contributed by atoms with Gasteiger partial charge in [0.05, 0.1) is 0 Å². The molecule has 5 heteroatoms. The molecule has 0 aromatic heterocycles. The summed E-state index contributed by atoms with van der Waals surface area (Å²) in [7, 11) is 0. The third-order valence-electron chi connectivity index (χ3n) is 2.19. The summed E-state index contributed by atoms with van der Waals surface area (Å²) < 4.78 is 0. The van der Waals surface area contributed by atoms with Crippen LogP contribution < -0.4 is 16.6 Å². The number of hydrazine groups is 1. The number of rotatable bonds is 3. The smallest absolute Gasteiger partial charge is 0.323 e. The van der Waals surface area contributed by atoms with Crippen molar-refractivity contribution in [1.82, 2.24) is 10.7 Å². The summed E-state index contributed by atoms with van der Waals surface area (Å²) >= 11 is 0. The van der Waals surface area contributed by atoms with E-state index in [2.05, 4.69) is 5.32 Å². The van der Waals surface area contributed by atoms with Gasteiger partial charge in [0, 0.05) is 6.04 Å². The Balaban J connectivity index is 3.98. The zero-order chi connectivity index (χ0) is 10.4. The van der Waals surface area contributed by atoms with Gasteiger partial charge >= 0.3 is 11.8 Å². The highest BCUT2D eigenvalue weighted by atomic mass is 16.2. The normalized spacial score (nSPS) is 14.5. The summed E-state index contributed by atoms with van der Waals surface area (Å²) in [4.78, 5) is 21.7. The predicted octanol–water partition coefficient (Wildman–Crippen LogP) is -0.473. The first kappa shape index (κ1) is 11.9. The maximum absolute atomic E-state index is 11.0. The van der Waals surface area contributed by atoms with Crippen LogP contribution in [0.3, 0.4) is 0 Å². The van der Waals surface area contributed by atoms with Gasteiger partial charge in [0.1, 0.15) is 0 Å². The van der Waals surface area contributed by atoms with E-state index in [1.165, 1.54) is 0 Å². The molecule has 5 nitrogen and oxygen atoms in total. The summed E-state index contributed by atoms with van der Waals surface area (Å²) in [6.07, 6.45) is 0.950. The zero-order valence-corrected chi connectivity index (χ0v) is 8.26.